The lowest BCUT2D eigenvalue weighted by Crippen LogP contribution is -2.10. The summed E-state index contributed by atoms with van der Waals surface area (Å²) in [5.41, 5.74) is 0. The average molecular weight is 311 g/mol. The van der Waals surface area contributed by atoms with Crippen molar-refractivity contribution in [2.75, 3.05) is 0 Å². The van der Waals surface area contributed by atoms with Crippen LogP contribution in [0.3, 0.4) is 0 Å². The third-order valence-electron chi connectivity index (χ3n) is 3.62. The van der Waals surface area contributed by atoms with Gasteiger partial charge in [0.2, 0.25) is 0 Å². The fourth-order valence-corrected chi connectivity index (χ4v) is 2.79. The Morgan fingerprint density at radius 3 is 2.95 bits per heavy atom. The third-order valence-corrected chi connectivity index (χ3v) is 3.89. The van der Waals surface area contributed by atoms with E-state index >= 15 is 0 Å². The van der Waals surface area contributed by atoms with E-state index in [0.29, 0.717) is 13.0 Å². The van der Waals surface area contributed by atoms with E-state index in [4.69, 9.17) is 11.6 Å². The van der Waals surface area contributed by atoms with Crippen molar-refractivity contribution in [1.29, 1.82) is 0 Å². The van der Waals surface area contributed by atoms with Crippen LogP contribution in [-0.4, -0.2) is 29.5 Å². The minimum atomic E-state index is -0.581. The van der Waals surface area contributed by atoms with Gasteiger partial charge in [0.1, 0.15) is 11.6 Å². The van der Waals surface area contributed by atoms with Crippen LogP contribution in [-0.2, 0) is 25.9 Å². The van der Waals surface area contributed by atoms with Gasteiger partial charge in [0.15, 0.2) is 5.02 Å². The average Bonchev–Trinajstić information content (AvgIpc) is 2.92. The molecule has 0 atom stereocenters. The molecule has 0 N–H and O–H groups in total. The van der Waals surface area contributed by atoms with Crippen molar-refractivity contribution in [2.24, 2.45) is 0 Å². The second-order valence-corrected chi connectivity index (χ2v) is 5.47. The van der Waals surface area contributed by atoms with E-state index in [2.05, 4.69) is 19.9 Å². The van der Waals surface area contributed by atoms with Crippen LogP contribution in [0.4, 0.5) is 5.82 Å². The molecule has 0 bridgehead atoms. The van der Waals surface area contributed by atoms with Crippen molar-refractivity contribution >= 4 is 17.4 Å². The smallest absolute Gasteiger partial charge is 0.358 e. The van der Waals surface area contributed by atoms with Crippen molar-refractivity contribution in [3.8, 4) is 0 Å². The number of halogens is 1. The minimum absolute atomic E-state index is 0.0556. The van der Waals surface area contributed by atoms with Crippen LogP contribution < -0.4 is 0 Å². The van der Waals surface area contributed by atoms with Crippen molar-refractivity contribution in [3.05, 3.63) is 33.0 Å². The van der Waals surface area contributed by atoms with E-state index in [1.54, 1.807) is 0 Å². The van der Waals surface area contributed by atoms with Gasteiger partial charge in [-0.3, -0.25) is 0 Å². The lowest BCUT2D eigenvalue weighted by atomic mass is 10.2. The lowest BCUT2D eigenvalue weighted by Gasteiger charge is -2.05. The molecule has 0 aliphatic carbocycles. The Labute approximate surface area is 125 Å². The summed E-state index contributed by atoms with van der Waals surface area (Å²) in [6.45, 7) is 1.43. The van der Waals surface area contributed by atoms with E-state index in [-0.39, 0.29) is 10.8 Å². The summed E-state index contributed by atoms with van der Waals surface area (Å²) in [6, 6.07) is 0. The first kappa shape index (κ1) is 14.0. The zero-order valence-electron chi connectivity index (χ0n) is 11.4. The van der Waals surface area contributed by atoms with Crippen molar-refractivity contribution in [1.82, 2.24) is 24.5 Å². The maximum atomic E-state index is 10.7. The molecule has 0 saturated heterocycles. The van der Waals surface area contributed by atoms with Crippen LogP contribution in [0.5, 0.6) is 0 Å². The van der Waals surface area contributed by atoms with E-state index in [1.165, 1.54) is 17.3 Å². The van der Waals surface area contributed by atoms with Gasteiger partial charge in [0, 0.05) is 19.4 Å². The van der Waals surface area contributed by atoms with Crippen LogP contribution in [0, 0.1) is 10.1 Å². The van der Waals surface area contributed by atoms with Crippen LogP contribution in [0.2, 0.25) is 5.02 Å². The summed E-state index contributed by atoms with van der Waals surface area (Å²) in [5, 5.41) is 23.1. The first-order valence-corrected chi connectivity index (χ1v) is 7.31. The number of nitro groups is 1. The Morgan fingerprint density at radius 2 is 2.19 bits per heavy atom. The van der Waals surface area contributed by atoms with Gasteiger partial charge in [0.05, 0.1) is 17.8 Å². The number of hydrogen-bond acceptors (Lipinski definition) is 5. The molecule has 9 heteroatoms. The molecule has 1 aliphatic rings. The Bertz CT molecular complexity index is 665. The second-order valence-electron chi connectivity index (χ2n) is 5.07. The van der Waals surface area contributed by atoms with Crippen molar-refractivity contribution < 1.29 is 4.92 Å². The van der Waals surface area contributed by atoms with E-state index < -0.39 is 4.92 Å². The summed E-state index contributed by atoms with van der Waals surface area (Å²) in [4.78, 5) is 10.1. The standard InChI is InChI=1S/C12H15ClN6O2/c13-9-8-17(16-12(9)19(20)21)7-5-11-15-14-10-4-2-1-3-6-18(10)11/h8H,1-7H2. The van der Waals surface area contributed by atoms with Crippen molar-refractivity contribution in [3.63, 3.8) is 0 Å². The summed E-state index contributed by atoms with van der Waals surface area (Å²) in [5.74, 6) is 1.63. The molecule has 3 rings (SSSR count). The van der Waals surface area contributed by atoms with Gasteiger partial charge in [-0.05, 0) is 17.8 Å². The zero-order chi connectivity index (χ0) is 14.8. The first-order chi connectivity index (χ1) is 10.1. The lowest BCUT2D eigenvalue weighted by molar-refractivity contribution is -0.389. The Kier molecular flexibility index (Phi) is 3.87. The highest BCUT2D eigenvalue weighted by molar-refractivity contribution is 6.32. The van der Waals surface area contributed by atoms with Gasteiger partial charge < -0.3 is 14.7 Å². The summed E-state index contributed by atoms with van der Waals surface area (Å²) >= 11 is 5.78. The molecule has 0 radical (unpaired) electrons. The van der Waals surface area contributed by atoms with E-state index in [0.717, 1.165) is 37.5 Å². The number of fused-ring (bicyclic) bond motifs is 1. The molecule has 2 aromatic heterocycles. The molecule has 0 spiro atoms. The molecule has 0 aromatic carbocycles. The predicted octanol–water partition coefficient (Wildman–Crippen LogP) is 2.01. The van der Waals surface area contributed by atoms with Gasteiger partial charge in [0.25, 0.3) is 0 Å². The Morgan fingerprint density at radius 1 is 1.33 bits per heavy atom. The second kappa shape index (κ2) is 5.80. The summed E-state index contributed by atoms with van der Waals surface area (Å²) in [6.07, 6.45) is 6.56. The van der Waals surface area contributed by atoms with Crippen LogP contribution >= 0.6 is 11.6 Å². The molecule has 0 unspecified atom stereocenters. The monoisotopic (exact) mass is 310 g/mol. The van der Waals surface area contributed by atoms with Gasteiger partial charge >= 0.3 is 5.82 Å². The molecule has 0 fully saturated rings. The fourth-order valence-electron chi connectivity index (χ4n) is 2.57. The van der Waals surface area contributed by atoms with E-state index in [9.17, 15) is 10.1 Å². The number of aromatic nitrogens is 5. The first-order valence-electron chi connectivity index (χ1n) is 6.93. The molecule has 0 saturated carbocycles. The quantitative estimate of drug-likeness (QED) is 0.636. The minimum Gasteiger partial charge on any atom is -0.358 e. The van der Waals surface area contributed by atoms with Crippen LogP contribution in [0.15, 0.2) is 6.20 Å². The molecule has 0 amide bonds. The maximum absolute atomic E-state index is 10.7. The third kappa shape index (κ3) is 2.90. The van der Waals surface area contributed by atoms with Crippen molar-refractivity contribution in [2.45, 2.75) is 45.2 Å². The molecular formula is C12H15ClN6O2. The SMILES string of the molecule is O=[N+]([O-])c1nn(CCc2nnc3n2CCCCC3)cc1Cl. The zero-order valence-corrected chi connectivity index (χ0v) is 12.2. The normalized spacial score (nSPS) is 14.7. The van der Waals surface area contributed by atoms with Gasteiger partial charge in [-0.25, -0.2) is 0 Å². The van der Waals surface area contributed by atoms with Gasteiger partial charge in [-0.1, -0.05) is 18.0 Å². The maximum Gasteiger partial charge on any atom is 0.408 e. The van der Waals surface area contributed by atoms with Crippen LogP contribution in [0.1, 0.15) is 30.9 Å². The van der Waals surface area contributed by atoms with Gasteiger partial charge in [-0.2, -0.15) is 4.68 Å². The fraction of sp³-hybridized carbons (Fsp3) is 0.583. The number of nitrogens with zero attached hydrogens (tertiary/aromatic N) is 6. The van der Waals surface area contributed by atoms with Crippen LogP contribution in [0.25, 0.3) is 0 Å². The summed E-state index contributed by atoms with van der Waals surface area (Å²) in [7, 11) is 0. The molecular weight excluding hydrogens is 296 g/mol. The summed E-state index contributed by atoms with van der Waals surface area (Å²) < 4.78 is 3.64. The highest BCUT2D eigenvalue weighted by Crippen LogP contribution is 2.21. The molecule has 21 heavy (non-hydrogen) atoms. The molecule has 112 valence electrons. The topological polar surface area (TPSA) is 91.7 Å². The van der Waals surface area contributed by atoms with E-state index in [1.807, 2.05) is 0 Å². The Balaban J connectivity index is 1.72. The number of aryl methyl sites for hydroxylation is 3. The van der Waals surface area contributed by atoms with Gasteiger partial charge in [-0.15, -0.1) is 10.2 Å². The highest BCUT2D eigenvalue weighted by atomic mass is 35.5. The predicted molar refractivity (Wildman–Crippen MR) is 75.2 cm³/mol. The largest absolute Gasteiger partial charge is 0.408 e. The highest BCUT2D eigenvalue weighted by Gasteiger charge is 2.20. The molecule has 3 heterocycles. The molecule has 1 aliphatic heterocycles. The Hall–Kier alpha value is -1.96. The number of rotatable bonds is 4. The molecule has 8 nitrogen and oxygen atoms in total. The number of hydrogen-bond donors (Lipinski definition) is 0. The molecule has 2 aromatic rings.